The quantitative estimate of drug-likeness (QED) is 0.655. The van der Waals surface area contributed by atoms with Gasteiger partial charge in [-0.25, -0.2) is 4.98 Å². The molecule has 0 bridgehead atoms. The molecule has 3 N–H and O–H groups in total. The fourth-order valence-corrected chi connectivity index (χ4v) is 2.50. The number of nitrogen functional groups attached to an aromatic ring is 1. The van der Waals surface area contributed by atoms with Crippen molar-refractivity contribution in [3.8, 4) is 11.4 Å². The van der Waals surface area contributed by atoms with Crippen molar-refractivity contribution in [2.75, 3.05) is 5.73 Å². The average molecular weight is 272 g/mol. The lowest BCUT2D eigenvalue weighted by molar-refractivity contribution is 1.33. The molecule has 1 aromatic heterocycles. The Kier molecular flexibility index (Phi) is 2.72. The van der Waals surface area contributed by atoms with Crippen LogP contribution in [0.25, 0.3) is 22.4 Å². The first-order valence-electron chi connectivity index (χ1n) is 6.07. The van der Waals surface area contributed by atoms with Gasteiger partial charge in [0.2, 0.25) is 0 Å². The van der Waals surface area contributed by atoms with Crippen molar-refractivity contribution in [2.45, 2.75) is 13.8 Å². The van der Waals surface area contributed by atoms with Crippen LogP contribution in [0.5, 0.6) is 0 Å². The molecule has 0 atom stereocenters. The Bertz CT molecular complexity index is 774. The molecule has 0 aliphatic carbocycles. The standard InChI is InChI=1S/C15H14ClN3/c1-8-5-9(2)14-13(6-8)18-15(19-14)11-7-10(16)3-4-12(11)17/h3-7H,17H2,1-2H3,(H,18,19). The van der Waals surface area contributed by atoms with Gasteiger partial charge in [0.1, 0.15) is 5.82 Å². The zero-order chi connectivity index (χ0) is 13.6. The molecule has 0 fully saturated rings. The monoisotopic (exact) mass is 271 g/mol. The molecule has 3 nitrogen and oxygen atoms in total. The third kappa shape index (κ3) is 2.06. The van der Waals surface area contributed by atoms with Gasteiger partial charge >= 0.3 is 0 Å². The third-order valence-electron chi connectivity index (χ3n) is 3.19. The summed E-state index contributed by atoms with van der Waals surface area (Å²) in [6.45, 7) is 4.13. The van der Waals surface area contributed by atoms with Crippen LogP contribution >= 0.6 is 11.6 Å². The van der Waals surface area contributed by atoms with Crippen molar-refractivity contribution in [3.05, 3.63) is 46.5 Å². The van der Waals surface area contributed by atoms with Gasteiger partial charge in [-0.3, -0.25) is 0 Å². The number of nitrogens with two attached hydrogens (primary N) is 1. The topological polar surface area (TPSA) is 54.7 Å². The van der Waals surface area contributed by atoms with Gasteiger partial charge in [0, 0.05) is 16.3 Å². The summed E-state index contributed by atoms with van der Waals surface area (Å²) in [5.41, 5.74) is 11.8. The maximum atomic E-state index is 6.02. The van der Waals surface area contributed by atoms with Crippen LogP contribution in [0.3, 0.4) is 0 Å². The minimum atomic E-state index is 0.651. The summed E-state index contributed by atoms with van der Waals surface area (Å²) < 4.78 is 0. The second kappa shape index (κ2) is 4.28. The number of aromatic amines is 1. The van der Waals surface area contributed by atoms with E-state index in [0.29, 0.717) is 10.7 Å². The zero-order valence-corrected chi connectivity index (χ0v) is 11.5. The molecule has 19 heavy (non-hydrogen) atoms. The third-order valence-corrected chi connectivity index (χ3v) is 3.43. The normalized spacial score (nSPS) is 11.1. The molecular formula is C15H14ClN3. The van der Waals surface area contributed by atoms with Crippen LogP contribution in [-0.4, -0.2) is 9.97 Å². The van der Waals surface area contributed by atoms with Crippen LogP contribution in [-0.2, 0) is 0 Å². The molecule has 1 heterocycles. The van der Waals surface area contributed by atoms with E-state index < -0.39 is 0 Å². The number of hydrogen-bond donors (Lipinski definition) is 2. The Hall–Kier alpha value is -2.00. The van der Waals surface area contributed by atoms with Gasteiger partial charge in [-0.15, -0.1) is 0 Å². The largest absolute Gasteiger partial charge is 0.398 e. The number of hydrogen-bond acceptors (Lipinski definition) is 2. The number of nitrogens with zero attached hydrogens (tertiary/aromatic N) is 1. The highest BCUT2D eigenvalue weighted by molar-refractivity contribution is 6.31. The molecule has 0 aliphatic heterocycles. The van der Waals surface area contributed by atoms with E-state index in [4.69, 9.17) is 17.3 Å². The fraction of sp³-hybridized carbons (Fsp3) is 0.133. The highest BCUT2D eigenvalue weighted by Gasteiger charge is 2.10. The Balaban J connectivity index is 2.26. The number of anilines is 1. The van der Waals surface area contributed by atoms with Crippen LogP contribution in [0, 0.1) is 13.8 Å². The van der Waals surface area contributed by atoms with E-state index in [1.54, 1.807) is 12.1 Å². The molecule has 0 unspecified atom stereocenters. The van der Waals surface area contributed by atoms with Gasteiger partial charge in [0.05, 0.1) is 11.0 Å². The lowest BCUT2D eigenvalue weighted by Gasteiger charge is -2.02. The summed E-state index contributed by atoms with van der Waals surface area (Å²) in [7, 11) is 0. The summed E-state index contributed by atoms with van der Waals surface area (Å²) in [5.74, 6) is 0.753. The Morgan fingerprint density at radius 2 is 1.95 bits per heavy atom. The molecule has 0 amide bonds. The molecule has 2 aromatic carbocycles. The summed E-state index contributed by atoms with van der Waals surface area (Å²) in [5, 5.41) is 0.651. The van der Waals surface area contributed by atoms with Crippen molar-refractivity contribution in [1.82, 2.24) is 9.97 Å². The number of halogens is 1. The van der Waals surface area contributed by atoms with E-state index in [2.05, 4.69) is 35.9 Å². The van der Waals surface area contributed by atoms with Crippen molar-refractivity contribution < 1.29 is 0 Å². The first-order valence-corrected chi connectivity index (χ1v) is 6.45. The SMILES string of the molecule is Cc1cc(C)c2nc(-c3cc(Cl)ccc3N)[nH]c2c1. The predicted octanol–water partition coefficient (Wildman–Crippen LogP) is 4.08. The molecule has 0 spiro atoms. The molecule has 96 valence electrons. The molecule has 3 rings (SSSR count). The van der Waals surface area contributed by atoms with Crippen molar-refractivity contribution in [2.24, 2.45) is 0 Å². The van der Waals surface area contributed by atoms with Crippen molar-refractivity contribution in [3.63, 3.8) is 0 Å². The highest BCUT2D eigenvalue weighted by Crippen LogP contribution is 2.29. The molecule has 0 saturated carbocycles. The second-order valence-corrected chi connectivity index (χ2v) is 5.23. The Morgan fingerprint density at radius 1 is 1.16 bits per heavy atom. The molecule has 0 aliphatic rings. The van der Waals surface area contributed by atoms with E-state index in [9.17, 15) is 0 Å². The van der Waals surface area contributed by atoms with Gasteiger partial charge in [-0.05, 0) is 49.2 Å². The van der Waals surface area contributed by atoms with Crippen LogP contribution in [0.1, 0.15) is 11.1 Å². The van der Waals surface area contributed by atoms with Gasteiger partial charge < -0.3 is 10.7 Å². The number of aryl methyl sites for hydroxylation is 2. The zero-order valence-electron chi connectivity index (χ0n) is 10.8. The van der Waals surface area contributed by atoms with Crippen molar-refractivity contribution in [1.29, 1.82) is 0 Å². The lowest BCUT2D eigenvalue weighted by atomic mass is 10.1. The molecule has 0 saturated heterocycles. The first kappa shape index (κ1) is 12.1. The van der Waals surface area contributed by atoms with Gasteiger partial charge in [-0.2, -0.15) is 0 Å². The molecule has 4 heteroatoms. The van der Waals surface area contributed by atoms with Crippen LogP contribution in [0.4, 0.5) is 5.69 Å². The van der Waals surface area contributed by atoms with Crippen molar-refractivity contribution >= 4 is 28.3 Å². The number of fused-ring (bicyclic) bond motifs is 1. The Morgan fingerprint density at radius 3 is 2.74 bits per heavy atom. The fourth-order valence-electron chi connectivity index (χ4n) is 2.33. The number of rotatable bonds is 1. The molecular weight excluding hydrogens is 258 g/mol. The smallest absolute Gasteiger partial charge is 0.140 e. The van der Waals surface area contributed by atoms with Gasteiger partial charge in [-0.1, -0.05) is 17.7 Å². The van der Waals surface area contributed by atoms with Gasteiger partial charge in [0.25, 0.3) is 0 Å². The minimum Gasteiger partial charge on any atom is -0.398 e. The average Bonchev–Trinajstić information content (AvgIpc) is 2.76. The maximum Gasteiger partial charge on any atom is 0.140 e. The van der Waals surface area contributed by atoms with E-state index in [-0.39, 0.29) is 0 Å². The minimum absolute atomic E-state index is 0.651. The van der Waals surface area contributed by atoms with Crippen LogP contribution in [0.2, 0.25) is 5.02 Å². The Labute approximate surface area is 116 Å². The summed E-state index contributed by atoms with van der Waals surface area (Å²) in [6.07, 6.45) is 0. The first-order chi connectivity index (χ1) is 9.04. The van der Waals surface area contributed by atoms with Crippen LogP contribution in [0.15, 0.2) is 30.3 Å². The molecule has 3 aromatic rings. The number of imidazole rings is 1. The van der Waals surface area contributed by atoms with E-state index in [0.717, 1.165) is 28.0 Å². The molecule has 0 radical (unpaired) electrons. The maximum absolute atomic E-state index is 6.02. The van der Waals surface area contributed by atoms with E-state index >= 15 is 0 Å². The number of benzene rings is 2. The summed E-state index contributed by atoms with van der Waals surface area (Å²) in [6, 6.07) is 9.60. The summed E-state index contributed by atoms with van der Waals surface area (Å²) in [4.78, 5) is 7.94. The highest BCUT2D eigenvalue weighted by atomic mass is 35.5. The van der Waals surface area contributed by atoms with Crippen LogP contribution < -0.4 is 5.73 Å². The van der Waals surface area contributed by atoms with Gasteiger partial charge in [0.15, 0.2) is 0 Å². The summed E-state index contributed by atoms with van der Waals surface area (Å²) >= 11 is 6.02. The van der Waals surface area contributed by atoms with E-state index in [1.807, 2.05) is 6.07 Å². The number of nitrogens with one attached hydrogen (secondary N) is 1. The predicted molar refractivity (Wildman–Crippen MR) is 80.4 cm³/mol. The number of aromatic nitrogens is 2. The van der Waals surface area contributed by atoms with E-state index in [1.165, 1.54) is 5.56 Å². The number of H-pyrrole nitrogens is 1. The second-order valence-electron chi connectivity index (χ2n) is 4.79. The lowest BCUT2D eigenvalue weighted by Crippen LogP contribution is -1.90.